The molecule has 2 unspecified atom stereocenters. The van der Waals surface area contributed by atoms with E-state index >= 15 is 0 Å². The van der Waals surface area contributed by atoms with Gasteiger partial charge in [0.05, 0.1) is 17.1 Å². The summed E-state index contributed by atoms with van der Waals surface area (Å²) >= 11 is 6.79. The summed E-state index contributed by atoms with van der Waals surface area (Å²) in [5.74, 6) is 0.528. The summed E-state index contributed by atoms with van der Waals surface area (Å²) in [6.07, 6.45) is 2.45. The molecule has 35 heavy (non-hydrogen) atoms. The maximum atomic E-state index is 13.3. The van der Waals surface area contributed by atoms with E-state index in [-0.39, 0.29) is 29.2 Å². The Labute approximate surface area is 215 Å². The van der Waals surface area contributed by atoms with Crippen LogP contribution in [0.1, 0.15) is 36.1 Å². The highest BCUT2D eigenvalue weighted by atomic mass is 32.2. The fourth-order valence-electron chi connectivity index (χ4n) is 4.65. The fraction of sp³-hybridized carbons (Fsp3) is 0.385. The second-order valence-corrected chi connectivity index (χ2v) is 10.6. The summed E-state index contributed by atoms with van der Waals surface area (Å²) in [6, 6.07) is 12.0. The standard InChI is InChI=1S/C26H28N4O3S2/c1-16-14-29(15-17(2)33-16)23-20(18(3)21(13-27)24(31)28(23)4)12-22-25(32)30(26(34)35-22)11-10-19-8-6-5-7-9-19/h5-9,12,16-17H,10-11,14-15H2,1-4H3/b22-12-. The summed E-state index contributed by atoms with van der Waals surface area (Å²) in [4.78, 5) is 30.5. The SMILES string of the molecule is Cc1c(/C=C2\SC(=S)N(CCc3ccccc3)C2=O)c(N2CC(C)OC(C)C2)n(C)c(=O)c1C#N. The molecule has 182 valence electrons. The third-order valence-corrected chi connectivity index (χ3v) is 7.68. The molecule has 0 radical (unpaired) electrons. The van der Waals surface area contributed by atoms with E-state index in [1.807, 2.05) is 44.2 Å². The molecule has 2 aliphatic rings. The number of thioether (sulfide) groups is 1. The number of carbonyl (C=O) groups excluding carboxylic acids is 1. The Hall–Kier alpha value is -2.93. The number of morpholine rings is 1. The predicted octanol–water partition coefficient (Wildman–Crippen LogP) is 3.62. The highest BCUT2D eigenvalue weighted by Gasteiger charge is 2.33. The van der Waals surface area contributed by atoms with Gasteiger partial charge in [-0.25, -0.2) is 0 Å². The van der Waals surface area contributed by atoms with Gasteiger partial charge in [0.1, 0.15) is 21.8 Å². The second kappa shape index (κ2) is 10.4. The zero-order valence-electron chi connectivity index (χ0n) is 20.3. The first-order valence-corrected chi connectivity index (χ1v) is 12.8. The Morgan fingerprint density at radius 1 is 1.20 bits per heavy atom. The number of hydrogen-bond donors (Lipinski definition) is 0. The average Bonchev–Trinajstić information content (AvgIpc) is 3.08. The number of nitrogens with zero attached hydrogens (tertiary/aromatic N) is 4. The molecule has 2 atom stereocenters. The first kappa shape index (κ1) is 25.2. The predicted molar refractivity (Wildman–Crippen MR) is 143 cm³/mol. The molecule has 9 heteroatoms. The van der Waals surface area contributed by atoms with Crippen LogP contribution in [0.5, 0.6) is 0 Å². The summed E-state index contributed by atoms with van der Waals surface area (Å²) < 4.78 is 7.91. The first-order valence-electron chi connectivity index (χ1n) is 11.5. The van der Waals surface area contributed by atoms with Gasteiger partial charge in [0, 0.05) is 32.2 Å². The van der Waals surface area contributed by atoms with Gasteiger partial charge in [0.25, 0.3) is 11.5 Å². The van der Waals surface area contributed by atoms with Gasteiger partial charge in [0.15, 0.2) is 0 Å². The van der Waals surface area contributed by atoms with Crippen LogP contribution in [0.4, 0.5) is 5.82 Å². The maximum absolute atomic E-state index is 13.3. The lowest BCUT2D eigenvalue weighted by atomic mass is 10.0. The number of rotatable bonds is 5. The van der Waals surface area contributed by atoms with Crippen LogP contribution in [0.25, 0.3) is 6.08 Å². The first-order chi connectivity index (χ1) is 16.7. The largest absolute Gasteiger partial charge is 0.372 e. The van der Waals surface area contributed by atoms with Gasteiger partial charge in [-0.3, -0.25) is 19.1 Å². The molecular weight excluding hydrogens is 480 g/mol. The van der Waals surface area contributed by atoms with Gasteiger partial charge >= 0.3 is 0 Å². The van der Waals surface area contributed by atoms with Gasteiger partial charge < -0.3 is 9.64 Å². The number of hydrogen-bond acceptors (Lipinski definition) is 7. The molecule has 0 N–H and O–H groups in total. The smallest absolute Gasteiger partial charge is 0.270 e. The van der Waals surface area contributed by atoms with E-state index in [2.05, 4.69) is 11.0 Å². The lowest BCUT2D eigenvalue weighted by Gasteiger charge is -2.38. The van der Waals surface area contributed by atoms with Gasteiger partial charge in [0.2, 0.25) is 0 Å². The number of nitriles is 1. The van der Waals surface area contributed by atoms with Gasteiger partial charge in [-0.2, -0.15) is 5.26 Å². The normalized spacial score (nSPS) is 21.6. The lowest BCUT2D eigenvalue weighted by Crippen LogP contribution is -2.47. The molecule has 2 fully saturated rings. The van der Waals surface area contributed by atoms with Crippen molar-refractivity contribution < 1.29 is 9.53 Å². The van der Waals surface area contributed by atoms with Crippen LogP contribution in [-0.4, -0.2) is 51.5 Å². The number of ether oxygens (including phenoxy) is 1. The van der Waals surface area contributed by atoms with E-state index in [4.69, 9.17) is 17.0 Å². The van der Waals surface area contributed by atoms with Crippen molar-refractivity contribution in [1.29, 1.82) is 5.26 Å². The van der Waals surface area contributed by atoms with Crippen LogP contribution < -0.4 is 10.5 Å². The number of carbonyl (C=O) groups is 1. The van der Waals surface area contributed by atoms with Crippen molar-refractivity contribution in [3.8, 4) is 6.07 Å². The summed E-state index contributed by atoms with van der Waals surface area (Å²) in [5.41, 5.74) is 2.12. The van der Waals surface area contributed by atoms with Crippen molar-refractivity contribution in [2.45, 2.75) is 39.4 Å². The highest BCUT2D eigenvalue weighted by molar-refractivity contribution is 8.26. The average molecular weight is 509 g/mol. The molecule has 2 aliphatic heterocycles. The number of benzene rings is 1. The molecule has 0 saturated carbocycles. The van der Waals surface area contributed by atoms with Crippen molar-refractivity contribution >= 4 is 46.1 Å². The van der Waals surface area contributed by atoms with Gasteiger partial charge in [-0.15, -0.1) is 0 Å². The molecule has 0 bridgehead atoms. The molecule has 7 nitrogen and oxygen atoms in total. The van der Waals surface area contributed by atoms with Crippen LogP contribution in [0, 0.1) is 18.3 Å². The van der Waals surface area contributed by atoms with E-state index in [1.54, 1.807) is 24.9 Å². The van der Waals surface area contributed by atoms with Crippen LogP contribution in [-0.2, 0) is 23.0 Å². The summed E-state index contributed by atoms with van der Waals surface area (Å²) in [6.45, 7) is 7.44. The molecular formula is C26H28N4O3S2. The van der Waals surface area contributed by atoms with E-state index in [0.717, 1.165) is 5.56 Å². The third kappa shape index (κ3) is 5.06. The van der Waals surface area contributed by atoms with Gasteiger partial charge in [-0.05, 0) is 44.4 Å². The summed E-state index contributed by atoms with van der Waals surface area (Å²) in [7, 11) is 1.67. The highest BCUT2D eigenvalue weighted by Crippen LogP contribution is 2.36. The van der Waals surface area contributed by atoms with E-state index in [1.165, 1.54) is 16.3 Å². The van der Waals surface area contributed by atoms with E-state index in [9.17, 15) is 14.9 Å². The minimum atomic E-state index is -0.348. The quantitative estimate of drug-likeness (QED) is 0.451. The van der Waals surface area contributed by atoms with Gasteiger partial charge in [-0.1, -0.05) is 54.3 Å². The number of aromatic nitrogens is 1. The molecule has 1 aromatic heterocycles. The Kier molecular flexibility index (Phi) is 7.45. The Balaban J connectivity index is 1.73. The summed E-state index contributed by atoms with van der Waals surface area (Å²) in [5, 5.41) is 9.69. The van der Waals surface area contributed by atoms with Crippen molar-refractivity contribution in [3.63, 3.8) is 0 Å². The number of anilines is 1. The molecule has 4 rings (SSSR count). The second-order valence-electron chi connectivity index (χ2n) is 8.94. The zero-order chi connectivity index (χ0) is 25.3. The number of thiocarbonyl (C=S) groups is 1. The fourth-order valence-corrected chi connectivity index (χ4v) is 5.94. The minimum absolute atomic E-state index is 0.0196. The van der Waals surface area contributed by atoms with Crippen molar-refractivity contribution in [1.82, 2.24) is 9.47 Å². The minimum Gasteiger partial charge on any atom is -0.372 e. The molecule has 3 heterocycles. The van der Waals surface area contributed by atoms with Crippen LogP contribution >= 0.6 is 24.0 Å². The monoisotopic (exact) mass is 508 g/mol. The molecule has 2 aromatic rings. The maximum Gasteiger partial charge on any atom is 0.270 e. The lowest BCUT2D eigenvalue weighted by molar-refractivity contribution is -0.122. The molecule has 2 saturated heterocycles. The zero-order valence-corrected chi connectivity index (χ0v) is 21.9. The number of pyridine rings is 1. The van der Waals surface area contributed by atoms with Crippen LogP contribution in [0.2, 0.25) is 0 Å². The van der Waals surface area contributed by atoms with E-state index < -0.39 is 0 Å². The molecule has 1 amide bonds. The Bertz CT molecular complexity index is 1290. The third-order valence-electron chi connectivity index (χ3n) is 6.30. The van der Waals surface area contributed by atoms with E-state index in [0.29, 0.717) is 52.2 Å². The Morgan fingerprint density at radius 2 is 1.86 bits per heavy atom. The number of amides is 1. The topological polar surface area (TPSA) is 78.6 Å². The Morgan fingerprint density at radius 3 is 2.49 bits per heavy atom. The van der Waals surface area contributed by atoms with Crippen molar-refractivity contribution in [2.24, 2.45) is 7.05 Å². The molecule has 1 aromatic carbocycles. The van der Waals surface area contributed by atoms with Crippen LogP contribution in [0.15, 0.2) is 40.0 Å². The molecule has 0 spiro atoms. The van der Waals surface area contributed by atoms with Crippen molar-refractivity contribution in [3.05, 3.63) is 67.8 Å². The van der Waals surface area contributed by atoms with Crippen LogP contribution in [0.3, 0.4) is 0 Å². The van der Waals surface area contributed by atoms with Crippen molar-refractivity contribution in [2.75, 3.05) is 24.5 Å². The molecule has 0 aliphatic carbocycles.